The maximum absolute atomic E-state index is 8.51. The third-order valence-corrected chi connectivity index (χ3v) is 1.20. The molecule has 0 rings (SSSR count). The number of ether oxygens (including phenoxy) is 2. The van der Waals surface area contributed by atoms with Crippen LogP contribution >= 0.6 is 0 Å². The third-order valence-electron chi connectivity index (χ3n) is 1.20. The molecule has 0 saturated carbocycles. The molecule has 0 amide bonds. The summed E-state index contributed by atoms with van der Waals surface area (Å²) in [7, 11) is 0. The molecule has 0 spiro atoms. The average Bonchev–Trinajstić information content (AvgIpc) is 2.01. The standard InChI is InChI=1S/C8H16O3/c1-3-10-8(11-4-2)6-5-7-9/h3,8-9H,1,4-7H2,2H3. The van der Waals surface area contributed by atoms with Crippen LogP contribution in [0.3, 0.4) is 0 Å². The molecule has 1 N–H and O–H groups in total. The van der Waals surface area contributed by atoms with Gasteiger partial charge in [0.25, 0.3) is 0 Å². The van der Waals surface area contributed by atoms with Gasteiger partial charge in [-0.1, -0.05) is 6.58 Å². The summed E-state index contributed by atoms with van der Waals surface area (Å²) in [6.45, 7) is 6.11. The van der Waals surface area contributed by atoms with Crippen LogP contribution in [-0.2, 0) is 9.47 Å². The number of aliphatic hydroxyl groups excluding tert-OH is 1. The van der Waals surface area contributed by atoms with Crippen LogP contribution in [0.4, 0.5) is 0 Å². The molecule has 66 valence electrons. The lowest BCUT2D eigenvalue weighted by molar-refractivity contribution is -0.108. The molecule has 0 saturated heterocycles. The molecule has 0 aromatic heterocycles. The Morgan fingerprint density at radius 1 is 1.64 bits per heavy atom. The van der Waals surface area contributed by atoms with E-state index in [1.54, 1.807) is 0 Å². The van der Waals surface area contributed by atoms with Gasteiger partial charge in [-0.05, 0) is 13.3 Å². The number of hydrogen-bond donors (Lipinski definition) is 1. The van der Waals surface area contributed by atoms with Gasteiger partial charge >= 0.3 is 0 Å². The molecule has 0 fully saturated rings. The van der Waals surface area contributed by atoms with Crippen molar-refractivity contribution in [2.24, 2.45) is 0 Å². The fourth-order valence-corrected chi connectivity index (χ4v) is 0.742. The molecule has 0 heterocycles. The lowest BCUT2D eigenvalue weighted by atomic mass is 10.3. The molecule has 3 heteroatoms. The van der Waals surface area contributed by atoms with E-state index < -0.39 is 0 Å². The zero-order valence-corrected chi connectivity index (χ0v) is 6.95. The first-order valence-corrected chi connectivity index (χ1v) is 3.84. The molecule has 0 bridgehead atoms. The summed E-state index contributed by atoms with van der Waals surface area (Å²) < 4.78 is 10.2. The monoisotopic (exact) mass is 160 g/mol. The Morgan fingerprint density at radius 3 is 2.82 bits per heavy atom. The minimum Gasteiger partial charge on any atom is -0.473 e. The molecule has 11 heavy (non-hydrogen) atoms. The second kappa shape index (κ2) is 7.57. The van der Waals surface area contributed by atoms with Crippen molar-refractivity contribution in [2.45, 2.75) is 26.1 Å². The summed E-state index contributed by atoms with van der Waals surface area (Å²) in [4.78, 5) is 0. The van der Waals surface area contributed by atoms with Crippen LogP contribution in [-0.4, -0.2) is 24.6 Å². The predicted molar refractivity (Wildman–Crippen MR) is 43.0 cm³/mol. The third kappa shape index (κ3) is 5.88. The van der Waals surface area contributed by atoms with Gasteiger partial charge in [-0.2, -0.15) is 0 Å². The van der Waals surface area contributed by atoms with Gasteiger partial charge in [0.2, 0.25) is 0 Å². The quantitative estimate of drug-likeness (QED) is 0.450. The molecule has 1 unspecified atom stereocenters. The fourth-order valence-electron chi connectivity index (χ4n) is 0.742. The second-order valence-corrected chi connectivity index (χ2v) is 2.05. The lowest BCUT2D eigenvalue weighted by Crippen LogP contribution is -2.14. The number of hydrogen-bond acceptors (Lipinski definition) is 3. The van der Waals surface area contributed by atoms with Gasteiger partial charge in [0.15, 0.2) is 6.29 Å². The number of aliphatic hydroxyl groups is 1. The van der Waals surface area contributed by atoms with Gasteiger partial charge in [-0.15, -0.1) is 0 Å². The molecular formula is C8H16O3. The molecule has 0 aromatic carbocycles. The van der Waals surface area contributed by atoms with Crippen LogP contribution < -0.4 is 0 Å². The largest absolute Gasteiger partial charge is 0.473 e. The van der Waals surface area contributed by atoms with E-state index in [0.717, 1.165) is 0 Å². The van der Waals surface area contributed by atoms with Crippen molar-refractivity contribution in [2.75, 3.05) is 13.2 Å². The molecule has 1 atom stereocenters. The highest BCUT2D eigenvalue weighted by molar-refractivity contribution is 4.53. The van der Waals surface area contributed by atoms with Crippen LogP contribution in [0.15, 0.2) is 12.8 Å². The summed E-state index contributed by atoms with van der Waals surface area (Å²) in [6, 6.07) is 0. The van der Waals surface area contributed by atoms with Crippen molar-refractivity contribution in [1.29, 1.82) is 0 Å². The summed E-state index contributed by atoms with van der Waals surface area (Å²) in [6.07, 6.45) is 2.51. The van der Waals surface area contributed by atoms with E-state index in [4.69, 9.17) is 14.6 Å². The first-order chi connectivity index (χ1) is 5.35. The van der Waals surface area contributed by atoms with Crippen LogP contribution in [0, 0.1) is 0 Å². The molecule has 3 nitrogen and oxygen atoms in total. The van der Waals surface area contributed by atoms with E-state index in [0.29, 0.717) is 19.4 Å². The Kier molecular flexibility index (Phi) is 7.19. The fraction of sp³-hybridized carbons (Fsp3) is 0.750. The summed E-state index contributed by atoms with van der Waals surface area (Å²) >= 11 is 0. The SMILES string of the molecule is C=COC(CCCO)OCC. The van der Waals surface area contributed by atoms with Crippen molar-refractivity contribution < 1.29 is 14.6 Å². The van der Waals surface area contributed by atoms with Crippen LogP contribution in [0.2, 0.25) is 0 Å². The minimum atomic E-state index is -0.246. The molecular weight excluding hydrogens is 144 g/mol. The zero-order valence-electron chi connectivity index (χ0n) is 6.95. The Morgan fingerprint density at radius 2 is 2.36 bits per heavy atom. The molecule has 0 aliphatic carbocycles. The smallest absolute Gasteiger partial charge is 0.198 e. The van der Waals surface area contributed by atoms with Gasteiger partial charge in [0.1, 0.15) is 0 Å². The Labute approximate surface area is 67.6 Å². The summed E-state index contributed by atoms with van der Waals surface area (Å²) in [5, 5.41) is 8.51. The minimum absolute atomic E-state index is 0.171. The highest BCUT2D eigenvalue weighted by Crippen LogP contribution is 2.03. The Hall–Kier alpha value is -0.540. The van der Waals surface area contributed by atoms with Crippen LogP contribution in [0.5, 0.6) is 0 Å². The maximum atomic E-state index is 8.51. The predicted octanol–water partition coefficient (Wildman–Crippen LogP) is 1.28. The van der Waals surface area contributed by atoms with Crippen molar-refractivity contribution in [1.82, 2.24) is 0 Å². The van der Waals surface area contributed by atoms with Crippen molar-refractivity contribution in [3.8, 4) is 0 Å². The van der Waals surface area contributed by atoms with Crippen molar-refractivity contribution >= 4 is 0 Å². The van der Waals surface area contributed by atoms with Gasteiger partial charge in [0, 0.05) is 19.6 Å². The molecule has 0 aliphatic heterocycles. The van der Waals surface area contributed by atoms with E-state index in [9.17, 15) is 0 Å². The Bertz CT molecular complexity index is 93.3. The van der Waals surface area contributed by atoms with E-state index in [1.807, 2.05) is 6.92 Å². The normalized spacial score (nSPS) is 12.5. The zero-order chi connectivity index (χ0) is 8.53. The lowest BCUT2D eigenvalue weighted by Gasteiger charge is -2.14. The highest BCUT2D eigenvalue weighted by atomic mass is 16.7. The average molecular weight is 160 g/mol. The van der Waals surface area contributed by atoms with Crippen molar-refractivity contribution in [3.05, 3.63) is 12.8 Å². The van der Waals surface area contributed by atoms with Gasteiger partial charge in [-0.3, -0.25) is 0 Å². The topological polar surface area (TPSA) is 38.7 Å². The van der Waals surface area contributed by atoms with Gasteiger partial charge in [0.05, 0.1) is 6.26 Å². The van der Waals surface area contributed by atoms with E-state index in [-0.39, 0.29) is 12.9 Å². The van der Waals surface area contributed by atoms with Gasteiger partial charge < -0.3 is 14.6 Å². The number of rotatable bonds is 7. The molecule has 0 aliphatic rings. The van der Waals surface area contributed by atoms with E-state index >= 15 is 0 Å². The molecule has 0 radical (unpaired) electrons. The molecule has 0 aromatic rings. The first kappa shape index (κ1) is 10.5. The van der Waals surface area contributed by atoms with E-state index in [2.05, 4.69) is 6.58 Å². The van der Waals surface area contributed by atoms with Crippen LogP contribution in [0.25, 0.3) is 0 Å². The van der Waals surface area contributed by atoms with Crippen molar-refractivity contribution in [3.63, 3.8) is 0 Å². The Balaban J connectivity index is 3.41. The highest BCUT2D eigenvalue weighted by Gasteiger charge is 2.05. The maximum Gasteiger partial charge on any atom is 0.198 e. The summed E-state index contributed by atoms with van der Waals surface area (Å²) in [5.74, 6) is 0. The van der Waals surface area contributed by atoms with Crippen LogP contribution in [0.1, 0.15) is 19.8 Å². The first-order valence-electron chi connectivity index (χ1n) is 3.84. The van der Waals surface area contributed by atoms with E-state index in [1.165, 1.54) is 6.26 Å². The summed E-state index contributed by atoms with van der Waals surface area (Å²) in [5.41, 5.74) is 0. The van der Waals surface area contributed by atoms with Gasteiger partial charge in [-0.25, -0.2) is 0 Å². The second-order valence-electron chi connectivity index (χ2n) is 2.05.